The topological polar surface area (TPSA) is 0 Å². The molecule has 0 saturated carbocycles. The third-order valence-electron chi connectivity index (χ3n) is 1.10. The van der Waals surface area contributed by atoms with Crippen LogP contribution >= 0.6 is 15.9 Å². The molecular formula is C8H14Br. The van der Waals surface area contributed by atoms with E-state index in [0.29, 0.717) is 4.83 Å². The molecule has 0 aliphatic carbocycles. The monoisotopic (exact) mass is 189 g/mol. The lowest BCUT2D eigenvalue weighted by molar-refractivity contribution is 0.898. The molecule has 1 radical (unpaired) electrons. The average molecular weight is 190 g/mol. The van der Waals surface area contributed by atoms with Crippen molar-refractivity contribution in [2.45, 2.75) is 31.5 Å². The first-order valence-electron chi connectivity index (χ1n) is 3.23. The maximum Gasteiger partial charge on any atom is 0.0180 e. The highest BCUT2D eigenvalue weighted by Crippen LogP contribution is 2.10. The summed E-state index contributed by atoms with van der Waals surface area (Å²) in [6.45, 7) is 8.02. The van der Waals surface area contributed by atoms with E-state index in [1.807, 2.05) is 0 Å². The van der Waals surface area contributed by atoms with E-state index in [-0.39, 0.29) is 0 Å². The molecule has 0 aliphatic heterocycles. The van der Waals surface area contributed by atoms with Gasteiger partial charge in [0.2, 0.25) is 0 Å². The Morgan fingerprint density at radius 3 is 2.56 bits per heavy atom. The highest BCUT2D eigenvalue weighted by molar-refractivity contribution is 9.09. The molecular weight excluding hydrogens is 176 g/mol. The van der Waals surface area contributed by atoms with Crippen molar-refractivity contribution in [3.63, 3.8) is 0 Å². The lowest BCUT2D eigenvalue weighted by atomic mass is 10.2. The third-order valence-corrected chi connectivity index (χ3v) is 1.93. The molecule has 53 valence electrons. The predicted molar refractivity (Wildman–Crippen MR) is 46.7 cm³/mol. The molecule has 0 heterocycles. The Bertz CT molecular complexity index is 90.7. The fourth-order valence-electron chi connectivity index (χ4n) is 0.481. The van der Waals surface area contributed by atoms with Crippen molar-refractivity contribution < 1.29 is 0 Å². The summed E-state index contributed by atoms with van der Waals surface area (Å²) < 4.78 is 0. The quantitative estimate of drug-likeness (QED) is 0.473. The van der Waals surface area contributed by atoms with E-state index in [0.717, 1.165) is 12.8 Å². The summed E-state index contributed by atoms with van der Waals surface area (Å²) >= 11 is 3.50. The SMILES string of the molecule is [CH2]CC(Br)CC=C(C)C. The standard InChI is InChI=1S/C8H14Br/c1-4-8(9)6-5-7(2)3/h5,8H,1,4,6H2,2-3H3. The van der Waals surface area contributed by atoms with Crippen LogP contribution < -0.4 is 0 Å². The first-order chi connectivity index (χ1) is 4.16. The summed E-state index contributed by atoms with van der Waals surface area (Å²) in [5, 5.41) is 0. The molecule has 0 N–H and O–H groups in total. The Morgan fingerprint density at radius 2 is 2.22 bits per heavy atom. The van der Waals surface area contributed by atoms with Gasteiger partial charge >= 0.3 is 0 Å². The second-order valence-electron chi connectivity index (χ2n) is 2.40. The average Bonchev–Trinajstić information content (AvgIpc) is 1.83. The lowest BCUT2D eigenvalue weighted by Crippen LogP contribution is -1.91. The molecule has 0 rings (SSSR count). The first kappa shape index (κ1) is 9.22. The van der Waals surface area contributed by atoms with Gasteiger partial charge < -0.3 is 0 Å². The highest BCUT2D eigenvalue weighted by Gasteiger charge is 1.95. The van der Waals surface area contributed by atoms with Gasteiger partial charge in [0.25, 0.3) is 0 Å². The molecule has 1 atom stereocenters. The molecule has 0 aliphatic rings. The van der Waals surface area contributed by atoms with Crippen LogP contribution in [0.1, 0.15) is 26.7 Å². The smallest absolute Gasteiger partial charge is 0.0180 e. The van der Waals surface area contributed by atoms with E-state index < -0.39 is 0 Å². The van der Waals surface area contributed by atoms with Gasteiger partial charge in [0.05, 0.1) is 0 Å². The summed E-state index contributed by atoms with van der Waals surface area (Å²) in [7, 11) is 0. The molecule has 9 heavy (non-hydrogen) atoms. The van der Waals surface area contributed by atoms with Gasteiger partial charge in [-0.05, 0) is 26.7 Å². The van der Waals surface area contributed by atoms with Crippen molar-refractivity contribution in [2.24, 2.45) is 0 Å². The minimum atomic E-state index is 0.562. The van der Waals surface area contributed by atoms with E-state index in [2.05, 4.69) is 42.8 Å². The zero-order valence-corrected chi connectivity index (χ0v) is 7.74. The Hall–Kier alpha value is 0.220. The van der Waals surface area contributed by atoms with Crippen molar-refractivity contribution >= 4 is 15.9 Å². The van der Waals surface area contributed by atoms with E-state index in [9.17, 15) is 0 Å². The van der Waals surface area contributed by atoms with E-state index in [1.165, 1.54) is 5.57 Å². The minimum absolute atomic E-state index is 0.562. The molecule has 0 fully saturated rings. The second kappa shape index (κ2) is 5.04. The molecule has 1 unspecified atom stereocenters. The number of rotatable bonds is 3. The van der Waals surface area contributed by atoms with Crippen LogP contribution in [0.4, 0.5) is 0 Å². The second-order valence-corrected chi connectivity index (χ2v) is 3.70. The van der Waals surface area contributed by atoms with Gasteiger partial charge in [-0.15, -0.1) is 0 Å². The normalized spacial score (nSPS) is 12.9. The summed E-state index contributed by atoms with van der Waals surface area (Å²) in [5.74, 6) is 0. The van der Waals surface area contributed by atoms with Crippen LogP contribution in [0.25, 0.3) is 0 Å². The summed E-state index contributed by atoms with van der Waals surface area (Å²) in [6.07, 6.45) is 4.29. The fourth-order valence-corrected chi connectivity index (χ4v) is 0.668. The van der Waals surface area contributed by atoms with Gasteiger partial charge in [-0.3, -0.25) is 0 Å². The van der Waals surface area contributed by atoms with Crippen molar-refractivity contribution in [3.8, 4) is 0 Å². The van der Waals surface area contributed by atoms with E-state index in [4.69, 9.17) is 0 Å². The number of halogens is 1. The van der Waals surface area contributed by atoms with Crippen LogP contribution in [0.2, 0.25) is 0 Å². The lowest BCUT2D eigenvalue weighted by Gasteiger charge is -2.00. The van der Waals surface area contributed by atoms with Gasteiger partial charge in [-0.1, -0.05) is 34.5 Å². The van der Waals surface area contributed by atoms with Gasteiger partial charge in [0.15, 0.2) is 0 Å². The highest BCUT2D eigenvalue weighted by atomic mass is 79.9. The van der Waals surface area contributed by atoms with Crippen LogP contribution in [0.3, 0.4) is 0 Å². The molecule has 0 nitrogen and oxygen atoms in total. The zero-order chi connectivity index (χ0) is 7.28. The fraction of sp³-hybridized carbons (Fsp3) is 0.625. The number of allylic oxidation sites excluding steroid dienone is 2. The summed E-state index contributed by atoms with van der Waals surface area (Å²) in [4.78, 5) is 0.562. The van der Waals surface area contributed by atoms with Crippen LogP contribution in [0.15, 0.2) is 11.6 Å². The van der Waals surface area contributed by atoms with Crippen molar-refractivity contribution in [2.75, 3.05) is 0 Å². The summed E-state index contributed by atoms with van der Waals surface area (Å²) in [5.41, 5.74) is 1.38. The van der Waals surface area contributed by atoms with Gasteiger partial charge in [0.1, 0.15) is 0 Å². The largest absolute Gasteiger partial charge is 0.0887 e. The third kappa shape index (κ3) is 6.10. The number of hydrogen-bond donors (Lipinski definition) is 0. The molecule has 0 aromatic carbocycles. The molecule has 0 bridgehead atoms. The number of alkyl halides is 1. The first-order valence-corrected chi connectivity index (χ1v) is 4.15. The molecule has 1 heteroatoms. The van der Waals surface area contributed by atoms with Crippen LogP contribution in [0, 0.1) is 6.92 Å². The van der Waals surface area contributed by atoms with Crippen LogP contribution in [-0.4, -0.2) is 4.83 Å². The van der Waals surface area contributed by atoms with Gasteiger partial charge in [-0.2, -0.15) is 0 Å². The minimum Gasteiger partial charge on any atom is -0.0887 e. The van der Waals surface area contributed by atoms with Crippen LogP contribution in [0.5, 0.6) is 0 Å². The zero-order valence-electron chi connectivity index (χ0n) is 6.15. The Kier molecular flexibility index (Phi) is 5.16. The van der Waals surface area contributed by atoms with Gasteiger partial charge in [0, 0.05) is 4.83 Å². The van der Waals surface area contributed by atoms with Crippen LogP contribution in [-0.2, 0) is 0 Å². The molecule has 0 spiro atoms. The maximum atomic E-state index is 3.79. The van der Waals surface area contributed by atoms with Gasteiger partial charge in [-0.25, -0.2) is 0 Å². The molecule has 0 saturated heterocycles. The predicted octanol–water partition coefficient (Wildman–Crippen LogP) is 3.33. The molecule has 0 aromatic rings. The summed E-state index contributed by atoms with van der Waals surface area (Å²) in [6, 6.07) is 0. The van der Waals surface area contributed by atoms with E-state index in [1.54, 1.807) is 0 Å². The Balaban J connectivity index is 3.37. The van der Waals surface area contributed by atoms with E-state index >= 15 is 0 Å². The van der Waals surface area contributed by atoms with Crippen molar-refractivity contribution in [1.29, 1.82) is 0 Å². The molecule has 0 amide bonds. The Labute approximate surface area is 66.5 Å². The maximum absolute atomic E-state index is 3.79. The van der Waals surface area contributed by atoms with Crippen molar-refractivity contribution in [3.05, 3.63) is 18.6 Å². The number of hydrogen-bond acceptors (Lipinski definition) is 0. The Morgan fingerprint density at radius 1 is 1.67 bits per heavy atom. The van der Waals surface area contributed by atoms with Crippen molar-refractivity contribution in [1.82, 2.24) is 0 Å². The molecule has 0 aromatic heterocycles.